The molecule has 1 N–H and O–H groups in total. The maximum absolute atomic E-state index is 13.2. The third-order valence-electron chi connectivity index (χ3n) is 5.52. The van der Waals surface area contributed by atoms with Crippen molar-refractivity contribution in [3.05, 3.63) is 10.4 Å². The highest BCUT2D eigenvalue weighted by molar-refractivity contribution is 6.00. The molecule has 1 aliphatic carbocycles. The van der Waals surface area contributed by atoms with Gasteiger partial charge < -0.3 is 9.84 Å². The summed E-state index contributed by atoms with van der Waals surface area (Å²) in [5.41, 5.74) is 7.21. The summed E-state index contributed by atoms with van der Waals surface area (Å²) in [7, 11) is 0. The quantitative estimate of drug-likeness (QED) is 0.256. The first kappa shape index (κ1) is 22.5. The minimum absolute atomic E-state index is 0.221. The van der Waals surface area contributed by atoms with Gasteiger partial charge in [0, 0.05) is 10.8 Å². The predicted molar refractivity (Wildman–Crippen MR) is 99.4 cm³/mol. The van der Waals surface area contributed by atoms with Crippen molar-refractivity contribution in [1.82, 2.24) is 0 Å². The molecule has 4 unspecified atom stereocenters. The van der Waals surface area contributed by atoms with Gasteiger partial charge in [0.15, 0.2) is 5.78 Å². The first-order valence-electron chi connectivity index (χ1n) is 9.83. The first-order valence-corrected chi connectivity index (χ1v) is 9.83. The van der Waals surface area contributed by atoms with Gasteiger partial charge >= 0.3 is 5.97 Å². The van der Waals surface area contributed by atoms with E-state index < -0.39 is 29.4 Å². The van der Waals surface area contributed by atoms with Crippen LogP contribution in [0.3, 0.4) is 0 Å². The summed E-state index contributed by atoms with van der Waals surface area (Å²) in [6, 6.07) is -0.766. The number of ether oxygens (including phenoxy) is 1. The molecule has 7 nitrogen and oxygen atoms in total. The highest BCUT2D eigenvalue weighted by atomic mass is 16.5. The van der Waals surface area contributed by atoms with Crippen molar-refractivity contribution in [3.8, 4) is 0 Å². The molecule has 0 aliphatic heterocycles. The Labute approximate surface area is 156 Å². The molecule has 4 atom stereocenters. The van der Waals surface area contributed by atoms with E-state index in [1.807, 2.05) is 0 Å². The molecule has 0 saturated heterocycles. The molecule has 0 amide bonds. The molecule has 7 heteroatoms. The third-order valence-corrected chi connectivity index (χ3v) is 5.52. The number of ketones is 1. The minimum Gasteiger partial charge on any atom is -0.465 e. The van der Waals surface area contributed by atoms with Gasteiger partial charge in [-0.1, -0.05) is 57.0 Å². The lowest BCUT2D eigenvalue weighted by Crippen LogP contribution is -2.50. The summed E-state index contributed by atoms with van der Waals surface area (Å²) in [5, 5.41) is 14.6. The van der Waals surface area contributed by atoms with Crippen LogP contribution in [0.25, 0.3) is 10.4 Å². The highest BCUT2D eigenvalue weighted by Gasteiger charge is 2.45. The highest BCUT2D eigenvalue weighted by Crippen LogP contribution is 2.33. The van der Waals surface area contributed by atoms with Gasteiger partial charge in [-0.15, -0.1) is 0 Å². The molecule has 1 rings (SSSR count). The van der Waals surface area contributed by atoms with Gasteiger partial charge in [0.1, 0.15) is 5.92 Å². The summed E-state index contributed by atoms with van der Waals surface area (Å²) in [5.74, 6) is -2.40. The molecular weight excluding hydrogens is 334 g/mol. The van der Waals surface area contributed by atoms with E-state index in [0.717, 1.165) is 44.9 Å². The zero-order valence-electron chi connectivity index (χ0n) is 16.3. The second kappa shape index (κ2) is 11.2. The lowest BCUT2D eigenvalue weighted by atomic mass is 9.73. The summed E-state index contributed by atoms with van der Waals surface area (Å²) in [6.45, 7) is 5.07. The molecule has 1 fully saturated rings. The number of carbonyl (C=O) groups is 2. The van der Waals surface area contributed by atoms with Crippen molar-refractivity contribution in [2.45, 2.75) is 90.2 Å². The second-order valence-electron chi connectivity index (χ2n) is 7.42. The fourth-order valence-electron chi connectivity index (χ4n) is 3.65. The van der Waals surface area contributed by atoms with Crippen LogP contribution < -0.4 is 0 Å². The molecule has 1 saturated carbocycles. The number of aliphatic hydroxyl groups is 1. The number of hydrogen-bond donors (Lipinski definition) is 1. The Kier molecular flexibility index (Phi) is 9.66. The number of carbonyl (C=O) groups excluding carboxylic acids is 2. The fraction of sp³-hybridized carbons (Fsp3) is 0.895. The number of esters is 1. The van der Waals surface area contributed by atoms with Crippen LogP contribution in [0.5, 0.6) is 0 Å². The van der Waals surface area contributed by atoms with Crippen LogP contribution >= 0.6 is 0 Å². The van der Waals surface area contributed by atoms with Crippen molar-refractivity contribution in [3.63, 3.8) is 0 Å². The van der Waals surface area contributed by atoms with E-state index in [-0.39, 0.29) is 12.4 Å². The van der Waals surface area contributed by atoms with Crippen LogP contribution in [0.15, 0.2) is 5.11 Å². The van der Waals surface area contributed by atoms with Gasteiger partial charge in [-0.25, -0.2) is 0 Å². The van der Waals surface area contributed by atoms with Crippen LogP contribution in [0.4, 0.5) is 0 Å². The van der Waals surface area contributed by atoms with Crippen molar-refractivity contribution < 1.29 is 19.4 Å². The van der Waals surface area contributed by atoms with Gasteiger partial charge in [0.2, 0.25) is 0 Å². The van der Waals surface area contributed by atoms with Crippen molar-refractivity contribution in [2.24, 2.45) is 17.0 Å². The maximum atomic E-state index is 13.2. The van der Waals surface area contributed by atoms with Crippen molar-refractivity contribution >= 4 is 11.8 Å². The van der Waals surface area contributed by atoms with E-state index in [0.29, 0.717) is 12.8 Å². The maximum Gasteiger partial charge on any atom is 0.316 e. The van der Waals surface area contributed by atoms with E-state index in [2.05, 4.69) is 10.0 Å². The van der Waals surface area contributed by atoms with Gasteiger partial charge in [0.05, 0.1) is 18.2 Å². The van der Waals surface area contributed by atoms with Gasteiger partial charge in [0.25, 0.3) is 0 Å². The number of nitrogens with zero attached hydrogens (tertiary/aromatic N) is 3. The normalized spacial score (nSPS) is 26.4. The Hall–Kier alpha value is -1.59. The summed E-state index contributed by atoms with van der Waals surface area (Å²) in [4.78, 5) is 28.4. The molecule has 0 aromatic carbocycles. The van der Waals surface area contributed by atoms with Crippen molar-refractivity contribution in [1.29, 1.82) is 0 Å². The van der Waals surface area contributed by atoms with Crippen LogP contribution in [-0.4, -0.2) is 35.1 Å². The Balaban J connectivity index is 3.14. The summed E-state index contributed by atoms with van der Waals surface area (Å²) >= 11 is 0. The van der Waals surface area contributed by atoms with Crippen LogP contribution in [0.2, 0.25) is 0 Å². The third kappa shape index (κ3) is 6.29. The molecule has 148 valence electrons. The van der Waals surface area contributed by atoms with Crippen LogP contribution in [0, 0.1) is 11.8 Å². The minimum atomic E-state index is -1.50. The topological polar surface area (TPSA) is 112 Å². The molecule has 0 aromatic rings. The molecular formula is C19H33N3O4. The molecule has 0 spiro atoms. The Morgan fingerprint density at radius 2 is 1.81 bits per heavy atom. The average molecular weight is 367 g/mol. The van der Waals surface area contributed by atoms with Gasteiger partial charge in [-0.2, -0.15) is 0 Å². The van der Waals surface area contributed by atoms with Gasteiger partial charge in [-0.05, 0) is 32.2 Å². The number of azide groups is 1. The first-order chi connectivity index (χ1) is 12.4. The average Bonchev–Trinajstić information content (AvgIpc) is 2.58. The van der Waals surface area contributed by atoms with Crippen LogP contribution in [0.1, 0.15) is 78.6 Å². The molecule has 26 heavy (non-hydrogen) atoms. The molecule has 0 bridgehead atoms. The number of rotatable bonds is 5. The number of Topliss-reactive ketones (excluding diaryl/α,β-unsaturated/α-hetero) is 1. The zero-order valence-corrected chi connectivity index (χ0v) is 16.3. The van der Waals surface area contributed by atoms with Crippen molar-refractivity contribution in [2.75, 3.05) is 6.61 Å². The lowest BCUT2D eigenvalue weighted by molar-refractivity contribution is -0.156. The largest absolute Gasteiger partial charge is 0.465 e. The van der Waals surface area contributed by atoms with Gasteiger partial charge in [-0.3, -0.25) is 9.59 Å². The molecule has 0 heterocycles. The Morgan fingerprint density at radius 1 is 1.27 bits per heavy atom. The zero-order chi connectivity index (χ0) is 19.6. The Morgan fingerprint density at radius 3 is 2.35 bits per heavy atom. The summed E-state index contributed by atoms with van der Waals surface area (Å²) < 4.78 is 5.12. The second-order valence-corrected chi connectivity index (χ2v) is 7.42. The Bertz CT molecular complexity index is 515. The summed E-state index contributed by atoms with van der Waals surface area (Å²) in [6.07, 6.45) is 7.84. The smallest absolute Gasteiger partial charge is 0.316 e. The van der Waals surface area contributed by atoms with E-state index >= 15 is 0 Å². The molecule has 0 radical (unpaired) electrons. The van der Waals surface area contributed by atoms with E-state index in [1.165, 1.54) is 6.92 Å². The number of hydrogen-bond acceptors (Lipinski definition) is 5. The van der Waals surface area contributed by atoms with E-state index in [4.69, 9.17) is 10.3 Å². The molecule has 1 aliphatic rings. The van der Waals surface area contributed by atoms with E-state index in [9.17, 15) is 14.7 Å². The molecule has 0 aromatic heterocycles. The van der Waals surface area contributed by atoms with E-state index in [1.54, 1.807) is 13.8 Å². The SMILES string of the molecule is CCOC(=O)C1CCCCCCCCCC(C(C)(O)C(C)N=[N+]=[N-])C1=O. The lowest BCUT2D eigenvalue weighted by Gasteiger charge is -2.36. The van der Waals surface area contributed by atoms with Crippen LogP contribution in [-0.2, 0) is 14.3 Å². The monoisotopic (exact) mass is 367 g/mol. The fourth-order valence-corrected chi connectivity index (χ4v) is 3.65. The predicted octanol–water partition coefficient (Wildman–Crippen LogP) is 4.33. The standard InChI is InChI=1S/C19H33N3O4/c1-4-26-18(24)15-12-10-8-6-5-7-9-11-13-16(17(15)23)19(3,25)14(2)21-22-20/h14-16,25H,4-13H2,1-3H3.